The fraction of sp³-hybridized carbons (Fsp3) is 0.571. The fourth-order valence-corrected chi connectivity index (χ4v) is 2.11. The van der Waals surface area contributed by atoms with Gasteiger partial charge in [-0.15, -0.1) is 0 Å². The summed E-state index contributed by atoms with van der Waals surface area (Å²) >= 11 is 1.98. The molecule has 1 N–H and O–H groups in total. The van der Waals surface area contributed by atoms with Crippen LogP contribution in [-0.4, -0.2) is 40.1 Å². The highest BCUT2D eigenvalue weighted by Crippen LogP contribution is 2.16. The number of carboxylic acids is 1. The summed E-state index contributed by atoms with van der Waals surface area (Å²) in [6.07, 6.45) is -0.0260. The molecule has 0 aliphatic carbocycles. The third-order valence-corrected chi connectivity index (χ3v) is 2.98. The van der Waals surface area contributed by atoms with E-state index >= 15 is 0 Å². The van der Waals surface area contributed by atoms with Crippen LogP contribution in [0.25, 0.3) is 0 Å². The van der Waals surface area contributed by atoms with Crippen molar-refractivity contribution in [2.24, 2.45) is 0 Å². The Balaban J connectivity index is 3.28. The first-order valence-electron chi connectivity index (χ1n) is 3.73. The molecule has 0 aliphatic heterocycles. The Kier molecular flexibility index (Phi) is 8.45. The Morgan fingerprint density at radius 2 is 1.93 bits per heavy atom. The minimum absolute atomic E-state index is 0.0260. The standard InChI is InChI=1S/C7H10O5S2/c8-5-12-2-4-14-7(11)13-3-1-6(9)10/h5H,1-4H2,(H,9,10). The second kappa shape index (κ2) is 8.89. The monoisotopic (exact) mass is 238 g/mol. The lowest BCUT2D eigenvalue weighted by molar-refractivity contribution is -0.136. The summed E-state index contributed by atoms with van der Waals surface area (Å²) in [4.78, 5) is 30.8. The van der Waals surface area contributed by atoms with Crippen LogP contribution in [-0.2, 0) is 14.3 Å². The molecular weight excluding hydrogens is 228 g/mol. The molecule has 0 spiro atoms. The number of hydrogen-bond acceptors (Lipinski definition) is 6. The van der Waals surface area contributed by atoms with Gasteiger partial charge in [0.1, 0.15) is 6.61 Å². The normalized spacial score (nSPS) is 9.43. The third kappa shape index (κ3) is 9.40. The van der Waals surface area contributed by atoms with E-state index in [0.717, 1.165) is 23.5 Å². The second-order valence-electron chi connectivity index (χ2n) is 2.06. The first kappa shape index (κ1) is 13.3. The van der Waals surface area contributed by atoms with E-state index in [1.165, 1.54) is 0 Å². The van der Waals surface area contributed by atoms with Crippen molar-refractivity contribution in [3.05, 3.63) is 0 Å². The summed E-state index contributed by atoms with van der Waals surface area (Å²) in [5, 5.41) is 8.28. The van der Waals surface area contributed by atoms with Crippen molar-refractivity contribution in [2.75, 3.05) is 18.1 Å². The van der Waals surface area contributed by atoms with Crippen molar-refractivity contribution in [1.82, 2.24) is 0 Å². The van der Waals surface area contributed by atoms with Crippen LogP contribution in [0.15, 0.2) is 0 Å². The molecule has 80 valence electrons. The van der Waals surface area contributed by atoms with Crippen LogP contribution >= 0.6 is 23.5 Å². The molecule has 0 radical (unpaired) electrons. The van der Waals surface area contributed by atoms with Gasteiger partial charge in [0.2, 0.25) is 4.45 Å². The maximum Gasteiger partial charge on any atom is 0.304 e. The molecule has 0 aliphatic rings. The number of ether oxygens (including phenoxy) is 1. The number of aliphatic carboxylic acids is 1. The van der Waals surface area contributed by atoms with E-state index in [0.29, 0.717) is 12.2 Å². The molecule has 0 saturated carbocycles. The SMILES string of the molecule is O=COCCSC(=O)SCCC(=O)O. The molecule has 0 unspecified atom stereocenters. The summed E-state index contributed by atoms with van der Waals surface area (Å²) in [6, 6.07) is 0. The van der Waals surface area contributed by atoms with Gasteiger partial charge in [0, 0.05) is 11.5 Å². The highest BCUT2D eigenvalue weighted by molar-refractivity contribution is 8.38. The van der Waals surface area contributed by atoms with Gasteiger partial charge in [-0.25, -0.2) is 0 Å². The fourth-order valence-electron chi connectivity index (χ4n) is 0.485. The smallest absolute Gasteiger partial charge is 0.304 e. The van der Waals surface area contributed by atoms with Crippen molar-refractivity contribution in [2.45, 2.75) is 6.42 Å². The predicted octanol–water partition coefficient (Wildman–Crippen LogP) is 1.22. The Morgan fingerprint density at radius 3 is 2.50 bits per heavy atom. The molecule has 0 atom stereocenters. The third-order valence-electron chi connectivity index (χ3n) is 1.02. The molecule has 14 heavy (non-hydrogen) atoms. The highest BCUT2D eigenvalue weighted by Gasteiger charge is 2.05. The zero-order chi connectivity index (χ0) is 10.8. The number of rotatable bonds is 7. The maximum atomic E-state index is 11.0. The van der Waals surface area contributed by atoms with Gasteiger partial charge in [-0.1, -0.05) is 23.5 Å². The van der Waals surface area contributed by atoms with Crippen molar-refractivity contribution in [3.8, 4) is 0 Å². The van der Waals surface area contributed by atoms with E-state index in [1.54, 1.807) is 0 Å². The number of carbonyl (C=O) groups is 3. The van der Waals surface area contributed by atoms with Gasteiger partial charge in [0.25, 0.3) is 6.47 Å². The lowest BCUT2D eigenvalue weighted by atomic mass is 10.5. The molecule has 0 aromatic rings. The molecule has 0 heterocycles. The molecule has 0 aromatic carbocycles. The van der Waals surface area contributed by atoms with Gasteiger partial charge in [-0.3, -0.25) is 14.4 Å². The largest absolute Gasteiger partial charge is 0.481 e. The second-order valence-corrected chi connectivity index (χ2v) is 4.45. The van der Waals surface area contributed by atoms with Gasteiger partial charge in [0.15, 0.2) is 0 Å². The number of carboxylic acid groups (broad SMARTS) is 1. The van der Waals surface area contributed by atoms with Crippen LogP contribution in [0.5, 0.6) is 0 Å². The summed E-state index contributed by atoms with van der Waals surface area (Å²) in [7, 11) is 0. The molecule has 5 nitrogen and oxygen atoms in total. The first-order chi connectivity index (χ1) is 6.66. The highest BCUT2D eigenvalue weighted by atomic mass is 32.2. The van der Waals surface area contributed by atoms with Crippen LogP contribution < -0.4 is 0 Å². The van der Waals surface area contributed by atoms with Gasteiger partial charge < -0.3 is 9.84 Å². The molecule has 7 heteroatoms. The maximum absolute atomic E-state index is 11.0. The van der Waals surface area contributed by atoms with Crippen molar-refractivity contribution >= 4 is 40.4 Å². The summed E-state index contributed by atoms with van der Waals surface area (Å²) < 4.78 is 4.22. The average molecular weight is 238 g/mol. The molecular formula is C7H10O5S2. The van der Waals surface area contributed by atoms with E-state index in [-0.39, 0.29) is 23.2 Å². The lowest BCUT2D eigenvalue weighted by Crippen LogP contribution is -1.99. The van der Waals surface area contributed by atoms with E-state index in [4.69, 9.17) is 5.11 Å². The molecule has 0 bridgehead atoms. The quantitative estimate of drug-likeness (QED) is 0.527. The molecule has 0 rings (SSSR count). The van der Waals surface area contributed by atoms with Gasteiger partial charge >= 0.3 is 5.97 Å². The van der Waals surface area contributed by atoms with Crippen LogP contribution in [0, 0.1) is 0 Å². The summed E-state index contributed by atoms with van der Waals surface area (Å²) in [5.74, 6) is -0.243. The van der Waals surface area contributed by atoms with E-state index < -0.39 is 5.97 Å². The van der Waals surface area contributed by atoms with Crippen LogP contribution in [0.2, 0.25) is 0 Å². The summed E-state index contributed by atoms with van der Waals surface area (Å²) in [5.41, 5.74) is 0. The Labute approximate surface area is 89.6 Å². The molecule has 0 aromatic heterocycles. The average Bonchev–Trinajstić information content (AvgIpc) is 2.12. The molecule has 0 fully saturated rings. The summed E-state index contributed by atoms with van der Waals surface area (Å²) in [6.45, 7) is 0.516. The van der Waals surface area contributed by atoms with Gasteiger partial charge in [0.05, 0.1) is 6.42 Å². The van der Waals surface area contributed by atoms with Crippen LogP contribution in [0.3, 0.4) is 0 Å². The number of carbonyl (C=O) groups excluding carboxylic acids is 2. The Morgan fingerprint density at radius 1 is 1.29 bits per heavy atom. The van der Waals surface area contributed by atoms with Crippen molar-refractivity contribution in [3.63, 3.8) is 0 Å². The van der Waals surface area contributed by atoms with Crippen LogP contribution in [0.1, 0.15) is 6.42 Å². The minimum Gasteiger partial charge on any atom is -0.481 e. The minimum atomic E-state index is -0.917. The molecule has 0 amide bonds. The predicted molar refractivity (Wildman–Crippen MR) is 54.6 cm³/mol. The van der Waals surface area contributed by atoms with E-state index in [1.807, 2.05) is 0 Å². The zero-order valence-corrected chi connectivity index (χ0v) is 8.94. The van der Waals surface area contributed by atoms with Gasteiger partial charge in [-0.2, -0.15) is 0 Å². The lowest BCUT2D eigenvalue weighted by Gasteiger charge is -1.98. The molecule has 0 saturated heterocycles. The number of thioether (sulfide) groups is 2. The first-order valence-corrected chi connectivity index (χ1v) is 5.70. The van der Waals surface area contributed by atoms with Crippen molar-refractivity contribution < 1.29 is 24.2 Å². The van der Waals surface area contributed by atoms with Crippen molar-refractivity contribution in [1.29, 1.82) is 0 Å². The zero-order valence-electron chi connectivity index (χ0n) is 7.30. The Hall–Kier alpha value is -0.690. The van der Waals surface area contributed by atoms with Crippen LogP contribution in [0.4, 0.5) is 4.79 Å². The number of hydrogen-bond donors (Lipinski definition) is 1. The topological polar surface area (TPSA) is 80.7 Å². The van der Waals surface area contributed by atoms with Gasteiger partial charge in [-0.05, 0) is 0 Å². The Bertz CT molecular complexity index is 206. The van der Waals surface area contributed by atoms with E-state index in [9.17, 15) is 14.4 Å². The van der Waals surface area contributed by atoms with E-state index in [2.05, 4.69) is 4.74 Å².